The lowest BCUT2D eigenvalue weighted by Gasteiger charge is -2.37. The molecule has 2 aromatic rings. The van der Waals surface area contributed by atoms with Gasteiger partial charge < -0.3 is 5.11 Å². The zero-order valence-corrected chi connectivity index (χ0v) is 11.0. The number of nitrogens with zero attached hydrogens (tertiary/aromatic N) is 6. The van der Waals surface area contributed by atoms with E-state index in [4.69, 9.17) is 0 Å². The molecule has 0 bridgehead atoms. The highest BCUT2D eigenvalue weighted by molar-refractivity contribution is 5.75. The lowest BCUT2D eigenvalue weighted by Crippen LogP contribution is -2.42. The number of aliphatic carboxylic acids is 1. The first-order chi connectivity index (χ1) is 9.61. The van der Waals surface area contributed by atoms with Crippen molar-refractivity contribution >= 4 is 5.97 Å². The molecule has 0 aliphatic heterocycles. The van der Waals surface area contributed by atoms with Crippen molar-refractivity contribution in [1.82, 2.24) is 30.2 Å². The number of carbonyl (C=O) groups is 1. The van der Waals surface area contributed by atoms with Gasteiger partial charge in [0.05, 0.1) is 23.9 Å². The van der Waals surface area contributed by atoms with E-state index in [0.717, 1.165) is 12.1 Å². The van der Waals surface area contributed by atoms with Crippen LogP contribution in [0, 0.1) is 12.3 Å². The topological polar surface area (TPSA) is 107 Å². The molecule has 1 N–H and O–H groups in total. The molecule has 0 spiro atoms. The minimum Gasteiger partial charge on any atom is -0.481 e. The van der Waals surface area contributed by atoms with E-state index < -0.39 is 11.4 Å². The van der Waals surface area contributed by atoms with E-state index in [1.54, 1.807) is 12.4 Å². The summed E-state index contributed by atoms with van der Waals surface area (Å²) in [7, 11) is 0. The smallest absolute Gasteiger partial charge is 0.311 e. The van der Waals surface area contributed by atoms with Crippen LogP contribution < -0.4 is 0 Å². The van der Waals surface area contributed by atoms with E-state index in [0.29, 0.717) is 24.4 Å². The molecule has 0 atom stereocenters. The van der Waals surface area contributed by atoms with Gasteiger partial charge in [0.15, 0.2) is 0 Å². The molecule has 2 heterocycles. The summed E-state index contributed by atoms with van der Waals surface area (Å²) >= 11 is 0. The van der Waals surface area contributed by atoms with Crippen LogP contribution in [0.2, 0.25) is 0 Å². The van der Waals surface area contributed by atoms with Crippen molar-refractivity contribution < 1.29 is 9.90 Å². The average Bonchev–Trinajstić information content (AvgIpc) is 2.82. The first-order valence-electron chi connectivity index (χ1n) is 6.39. The van der Waals surface area contributed by atoms with Gasteiger partial charge in [-0.2, -0.15) is 0 Å². The highest BCUT2D eigenvalue weighted by Crippen LogP contribution is 2.42. The summed E-state index contributed by atoms with van der Waals surface area (Å²) in [6.07, 6.45) is 5.45. The minimum atomic E-state index is -0.791. The lowest BCUT2D eigenvalue weighted by atomic mass is 9.69. The van der Waals surface area contributed by atoms with Crippen LogP contribution in [0.15, 0.2) is 12.4 Å². The Morgan fingerprint density at radius 3 is 2.75 bits per heavy atom. The predicted octanol–water partition coefficient (Wildman–Crippen LogP) is 0.693. The Balaban J connectivity index is 1.91. The Hall–Kier alpha value is -2.38. The van der Waals surface area contributed by atoms with Crippen molar-refractivity contribution in [3.8, 4) is 11.5 Å². The van der Waals surface area contributed by atoms with Crippen LogP contribution in [0.25, 0.3) is 11.5 Å². The Morgan fingerprint density at radius 2 is 2.20 bits per heavy atom. The van der Waals surface area contributed by atoms with Gasteiger partial charge in [-0.05, 0) is 30.2 Å². The maximum absolute atomic E-state index is 11.4. The van der Waals surface area contributed by atoms with E-state index >= 15 is 0 Å². The van der Waals surface area contributed by atoms with E-state index in [1.807, 2.05) is 6.92 Å². The molecule has 0 unspecified atom stereocenters. The molecule has 8 nitrogen and oxygen atoms in total. The number of rotatable bonds is 4. The SMILES string of the molecule is Cc1cnc(-c2nnnn2CC2(C(=O)O)CCC2)cn1. The van der Waals surface area contributed by atoms with Gasteiger partial charge >= 0.3 is 5.97 Å². The Bertz CT molecular complexity index is 632. The molecule has 0 saturated heterocycles. The second-order valence-corrected chi connectivity index (χ2v) is 5.14. The van der Waals surface area contributed by atoms with E-state index in [-0.39, 0.29) is 6.54 Å². The summed E-state index contributed by atoms with van der Waals surface area (Å²) in [6, 6.07) is 0. The summed E-state index contributed by atoms with van der Waals surface area (Å²) in [5, 5.41) is 20.8. The van der Waals surface area contributed by atoms with Crippen molar-refractivity contribution in [3.05, 3.63) is 18.1 Å². The van der Waals surface area contributed by atoms with Crippen molar-refractivity contribution in [2.45, 2.75) is 32.7 Å². The number of hydrogen-bond acceptors (Lipinski definition) is 6. The zero-order chi connectivity index (χ0) is 14.2. The van der Waals surface area contributed by atoms with Crippen molar-refractivity contribution in [1.29, 1.82) is 0 Å². The average molecular weight is 274 g/mol. The fourth-order valence-electron chi connectivity index (χ4n) is 2.33. The summed E-state index contributed by atoms with van der Waals surface area (Å²) in [4.78, 5) is 19.8. The third-order valence-corrected chi connectivity index (χ3v) is 3.76. The molecular weight excluding hydrogens is 260 g/mol. The molecule has 1 fully saturated rings. The van der Waals surface area contributed by atoms with Crippen molar-refractivity contribution in [2.75, 3.05) is 0 Å². The molecule has 3 rings (SSSR count). The largest absolute Gasteiger partial charge is 0.481 e. The first kappa shape index (κ1) is 12.6. The number of carboxylic acids is 1. The van der Waals surface area contributed by atoms with Crippen LogP contribution in [0.5, 0.6) is 0 Å². The van der Waals surface area contributed by atoms with E-state index in [9.17, 15) is 9.90 Å². The minimum absolute atomic E-state index is 0.264. The van der Waals surface area contributed by atoms with Crippen LogP contribution in [0.3, 0.4) is 0 Å². The van der Waals surface area contributed by atoms with Crippen LogP contribution >= 0.6 is 0 Å². The van der Waals surface area contributed by atoms with Crippen molar-refractivity contribution in [2.24, 2.45) is 5.41 Å². The van der Waals surface area contributed by atoms with Gasteiger partial charge in [0.2, 0.25) is 5.82 Å². The van der Waals surface area contributed by atoms with Gasteiger partial charge in [-0.3, -0.25) is 9.78 Å². The summed E-state index contributed by atoms with van der Waals surface area (Å²) in [5.41, 5.74) is 0.594. The number of aromatic nitrogens is 6. The molecule has 1 aliphatic carbocycles. The first-order valence-corrected chi connectivity index (χ1v) is 6.39. The maximum atomic E-state index is 11.4. The third kappa shape index (κ3) is 2.02. The maximum Gasteiger partial charge on any atom is 0.311 e. The Kier molecular flexibility index (Phi) is 2.92. The molecule has 0 radical (unpaired) electrons. The van der Waals surface area contributed by atoms with E-state index in [1.165, 1.54) is 4.68 Å². The highest BCUT2D eigenvalue weighted by atomic mass is 16.4. The highest BCUT2D eigenvalue weighted by Gasteiger charge is 2.45. The standard InChI is InChI=1S/C12H14N6O2/c1-8-5-14-9(6-13-8)10-15-16-17-18(10)7-12(11(19)20)3-2-4-12/h5-6H,2-4,7H2,1H3,(H,19,20). The van der Waals surface area contributed by atoms with Crippen LogP contribution in [0.1, 0.15) is 25.0 Å². The normalized spacial score (nSPS) is 16.6. The van der Waals surface area contributed by atoms with Gasteiger partial charge in [0.1, 0.15) is 5.69 Å². The molecule has 0 aromatic carbocycles. The number of tetrazole rings is 1. The van der Waals surface area contributed by atoms with Crippen LogP contribution in [0.4, 0.5) is 0 Å². The van der Waals surface area contributed by atoms with Crippen LogP contribution in [-0.2, 0) is 11.3 Å². The van der Waals surface area contributed by atoms with Gasteiger partial charge in [-0.25, -0.2) is 9.67 Å². The molecule has 8 heteroatoms. The molecule has 1 saturated carbocycles. The molecule has 20 heavy (non-hydrogen) atoms. The van der Waals surface area contributed by atoms with Crippen molar-refractivity contribution in [3.63, 3.8) is 0 Å². The molecule has 0 amide bonds. The zero-order valence-electron chi connectivity index (χ0n) is 11.0. The summed E-state index contributed by atoms with van der Waals surface area (Å²) in [6.45, 7) is 2.10. The summed E-state index contributed by atoms with van der Waals surface area (Å²) in [5.74, 6) is -0.342. The van der Waals surface area contributed by atoms with E-state index in [2.05, 4.69) is 25.5 Å². The molecule has 2 aromatic heterocycles. The second kappa shape index (κ2) is 4.62. The number of carboxylic acid groups (broad SMARTS) is 1. The predicted molar refractivity (Wildman–Crippen MR) is 67.5 cm³/mol. The quantitative estimate of drug-likeness (QED) is 0.874. The molecular formula is C12H14N6O2. The Morgan fingerprint density at radius 1 is 1.40 bits per heavy atom. The number of hydrogen-bond donors (Lipinski definition) is 1. The Labute approximate surface area is 114 Å². The number of aryl methyl sites for hydroxylation is 1. The fraction of sp³-hybridized carbons (Fsp3) is 0.500. The van der Waals surface area contributed by atoms with Crippen LogP contribution in [-0.4, -0.2) is 41.3 Å². The third-order valence-electron chi connectivity index (χ3n) is 3.76. The molecule has 1 aliphatic rings. The van der Waals surface area contributed by atoms with Gasteiger partial charge in [0.25, 0.3) is 0 Å². The molecule has 104 valence electrons. The fourth-order valence-corrected chi connectivity index (χ4v) is 2.33. The second-order valence-electron chi connectivity index (χ2n) is 5.14. The summed E-state index contributed by atoms with van der Waals surface area (Å²) < 4.78 is 1.51. The lowest BCUT2D eigenvalue weighted by molar-refractivity contribution is -0.156. The van der Waals surface area contributed by atoms with Gasteiger partial charge in [-0.1, -0.05) is 6.42 Å². The monoisotopic (exact) mass is 274 g/mol. The van der Waals surface area contributed by atoms with Gasteiger partial charge in [0, 0.05) is 6.20 Å². The van der Waals surface area contributed by atoms with Gasteiger partial charge in [-0.15, -0.1) is 5.10 Å².